The Hall–Kier alpha value is -2.41. The smallest absolute Gasteiger partial charge is 0.306 e. The molecule has 0 aliphatic heterocycles. The summed E-state index contributed by atoms with van der Waals surface area (Å²) in [4.78, 5) is 15.5. The molecule has 0 amide bonds. The highest BCUT2D eigenvalue weighted by Crippen LogP contribution is 2.29. The number of aryl methyl sites for hydroxylation is 1. The fraction of sp³-hybridized carbons (Fsp3) is 0.471. The minimum absolute atomic E-state index is 0.0844. The number of carbonyl (C=O) groups is 1. The Kier molecular flexibility index (Phi) is 4.80. The van der Waals surface area contributed by atoms with Crippen LogP contribution in [0.1, 0.15) is 31.4 Å². The zero-order chi connectivity index (χ0) is 17.1. The molecule has 1 fully saturated rings. The maximum Gasteiger partial charge on any atom is 0.306 e. The Morgan fingerprint density at radius 3 is 2.88 bits per heavy atom. The molecule has 1 aliphatic rings. The summed E-state index contributed by atoms with van der Waals surface area (Å²) >= 11 is 0. The number of carboxylic acids is 1. The number of aliphatic carboxylic acids is 1. The van der Waals surface area contributed by atoms with E-state index < -0.39 is 5.97 Å². The van der Waals surface area contributed by atoms with Gasteiger partial charge < -0.3 is 14.9 Å². The van der Waals surface area contributed by atoms with Crippen LogP contribution in [0.2, 0.25) is 0 Å². The van der Waals surface area contributed by atoms with Crippen molar-refractivity contribution in [1.82, 2.24) is 14.8 Å². The van der Waals surface area contributed by atoms with Crippen LogP contribution in [0.25, 0.3) is 11.3 Å². The first-order valence-electron chi connectivity index (χ1n) is 8.06. The molecule has 3 rings (SSSR count). The summed E-state index contributed by atoms with van der Waals surface area (Å²) < 4.78 is 7.51. The highest BCUT2D eigenvalue weighted by atomic mass is 16.5. The third kappa shape index (κ3) is 3.41. The molecule has 0 bridgehead atoms. The van der Waals surface area contributed by atoms with Crippen molar-refractivity contribution in [3.05, 3.63) is 30.2 Å². The topological polar surface area (TPSA) is 97.5 Å². The number of aliphatic hydroxyl groups is 1. The summed E-state index contributed by atoms with van der Waals surface area (Å²) in [6.07, 6.45) is 6.21. The molecule has 2 N–H and O–H groups in total. The van der Waals surface area contributed by atoms with Crippen molar-refractivity contribution in [2.45, 2.75) is 38.4 Å². The van der Waals surface area contributed by atoms with E-state index in [1.807, 2.05) is 12.1 Å². The van der Waals surface area contributed by atoms with Crippen molar-refractivity contribution in [2.75, 3.05) is 0 Å². The maximum absolute atomic E-state index is 11.1. The number of carboxylic acid groups (broad SMARTS) is 1. The third-order valence-electron chi connectivity index (χ3n) is 4.50. The van der Waals surface area contributed by atoms with Gasteiger partial charge in [0.05, 0.1) is 42.4 Å². The molecule has 7 nitrogen and oxygen atoms in total. The Labute approximate surface area is 139 Å². The van der Waals surface area contributed by atoms with Crippen LogP contribution in [0.15, 0.2) is 24.5 Å². The van der Waals surface area contributed by atoms with Crippen LogP contribution in [0.5, 0.6) is 5.75 Å². The van der Waals surface area contributed by atoms with Gasteiger partial charge in [0, 0.05) is 12.6 Å². The van der Waals surface area contributed by atoms with Crippen LogP contribution in [-0.4, -0.2) is 37.1 Å². The first-order chi connectivity index (χ1) is 11.6. The quantitative estimate of drug-likeness (QED) is 0.869. The minimum atomic E-state index is -0.745. The minimum Gasteiger partial charge on any atom is -0.489 e. The zero-order valence-electron chi connectivity index (χ0n) is 13.6. The summed E-state index contributed by atoms with van der Waals surface area (Å²) in [5.74, 6) is -0.437. The van der Waals surface area contributed by atoms with E-state index in [2.05, 4.69) is 10.1 Å². The number of nitrogens with zero attached hydrogens (tertiary/aromatic N) is 3. The summed E-state index contributed by atoms with van der Waals surface area (Å²) in [6.45, 7) is -0.107. The van der Waals surface area contributed by atoms with Gasteiger partial charge in [-0.3, -0.25) is 14.5 Å². The average Bonchev–Trinajstić information content (AvgIpc) is 2.96. The van der Waals surface area contributed by atoms with Crippen LogP contribution in [-0.2, 0) is 18.4 Å². The second-order valence-electron chi connectivity index (χ2n) is 6.11. The fourth-order valence-corrected chi connectivity index (χ4v) is 3.14. The van der Waals surface area contributed by atoms with Gasteiger partial charge in [0.1, 0.15) is 5.75 Å². The molecule has 0 spiro atoms. The Morgan fingerprint density at radius 1 is 1.38 bits per heavy atom. The van der Waals surface area contributed by atoms with Crippen molar-refractivity contribution in [3.63, 3.8) is 0 Å². The molecule has 2 aromatic heterocycles. The third-order valence-corrected chi connectivity index (χ3v) is 4.50. The number of ether oxygens (including phenoxy) is 1. The van der Waals surface area contributed by atoms with Gasteiger partial charge in [0.15, 0.2) is 0 Å². The number of aliphatic hydroxyl groups excluding tert-OH is 1. The molecule has 2 atom stereocenters. The van der Waals surface area contributed by atoms with Crippen LogP contribution in [0, 0.1) is 5.92 Å². The van der Waals surface area contributed by atoms with Crippen molar-refractivity contribution < 1.29 is 19.7 Å². The van der Waals surface area contributed by atoms with Crippen LogP contribution < -0.4 is 4.74 Å². The lowest BCUT2D eigenvalue weighted by atomic mass is 9.87. The molecule has 1 saturated carbocycles. The summed E-state index contributed by atoms with van der Waals surface area (Å²) in [5.41, 5.74) is 2.20. The molecule has 2 aromatic rings. The summed E-state index contributed by atoms with van der Waals surface area (Å²) in [6, 6.07) is 3.64. The molecule has 2 heterocycles. The van der Waals surface area contributed by atoms with Crippen molar-refractivity contribution in [3.8, 4) is 17.0 Å². The zero-order valence-corrected chi connectivity index (χ0v) is 13.6. The van der Waals surface area contributed by atoms with Crippen LogP contribution >= 0.6 is 0 Å². The number of hydrogen-bond donors (Lipinski definition) is 2. The standard InChI is InChI=1S/C17H21N3O4/c1-20-16(10-21)14(9-19-20)15-6-5-13(8-18-15)24-12-4-2-3-11(7-12)17(22)23/h5-6,8-9,11-12,21H,2-4,7,10H2,1H3,(H,22,23)/t11-,12?/m0/s1. The molecule has 7 heteroatoms. The van der Waals surface area contributed by atoms with Gasteiger partial charge in [0.25, 0.3) is 0 Å². The summed E-state index contributed by atoms with van der Waals surface area (Å²) in [5, 5.41) is 22.7. The SMILES string of the molecule is Cn1ncc(-c2ccc(OC3CCC[C@H](C(=O)O)C3)cn2)c1CO. The van der Waals surface area contributed by atoms with E-state index in [9.17, 15) is 9.90 Å². The van der Waals surface area contributed by atoms with E-state index >= 15 is 0 Å². The number of aromatic nitrogens is 3. The monoisotopic (exact) mass is 331 g/mol. The molecular formula is C17H21N3O4. The molecule has 128 valence electrons. The molecule has 0 saturated heterocycles. The van der Waals surface area contributed by atoms with E-state index in [4.69, 9.17) is 9.84 Å². The van der Waals surface area contributed by atoms with Crippen molar-refractivity contribution in [1.29, 1.82) is 0 Å². The van der Waals surface area contributed by atoms with E-state index in [0.717, 1.165) is 24.8 Å². The molecule has 1 aliphatic carbocycles. The van der Waals surface area contributed by atoms with E-state index in [1.165, 1.54) is 0 Å². The van der Waals surface area contributed by atoms with Gasteiger partial charge in [-0.05, 0) is 37.8 Å². The lowest BCUT2D eigenvalue weighted by molar-refractivity contribution is -0.143. The molecule has 24 heavy (non-hydrogen) atoms. The van der Waals surface area contributed by atoms with Gasteiger partial charge in [0.2, 0.25) is 0 Å². The van der Waals surface area contributed by atoms with Crippen molar-refractivity contribution in [2.24, 2.45) is 13.0 Å². The predicted molar refractivity (Wildman–Crippen MR) is 86.4 cm³/mol. The lowest BCUT2D eigenvalue weighted by Crippen LogP contribution is -2.29. The van der Waals surface area contributed by atoms with E-state index in [1.54, 1.807) is 24.1 Å². The highest BCUT2D eigenvalue weighted by Gasteiger charge is 2.28. The van der Waals surface area contributed by atoms with Gasteiger partial charge in [-0.2, -0.15) is 5.10 Å². The average molecular weight is 331 g/mol. The van der Waals surface area contributed by atoms with E-state index in [-0.39, 0.29) is 18.6 Å². The molecule has 0 radical (unpaired) electrons. The van der Waals surface area contributed by atoms with Crippen molar-refractivity contribution >= 4 is 5.97 Å². The largest absolute Gasteiger partial charge is 0.489 e. The lowest BCUT2D eigenvalue weighted by Gasteiger charge is -2.27. The second kappa shape index (κ2) is 7.00. The van der Waals surface area contributed by atoms with Gasteiger partial charge in [-0.25, -0.2) is 0 Å². The number of hydrogen-bond acceptors (Lipinski definition) is 5. The van der Waals surface area contributed by atoms with Crippen LogP contribution in [0.4, 0.5) is 0 Å². The molecule has 1 unspecified atom stereocenters. The summed E-state index contributed by atoms with van der Waals surface area (Å²) in [7, 11) is 1.77. The molecular weight excluding hydrogens is 310 g/mol. The maximum atomic E-state index is 11.1. The Bertz CT molecular complexity index is 711. The highest BCUT2D eigenvalue weighted by molar-refractivity contribution is 5.70. The second-order valence-corrected chi connectivity index (χ2v) is 6.11. The normalized spacial score (nSPS) is 20.8. The predicted octanol–water partition coefficient (Wildman–Crippen LogP) is 2.00. The van der Waals surface area contributed by atoms with E-state index in [0.29, 0.717) is 23.6 Å². The van der Waals surface area contributed by atoms with Gasteiger partial charge >= 0.3 is 5.97 Å². The van der Waals surface area contributed by atoms with Gasteiger partial charge in [-0.15, -0.1) is 0 Å². The Morgan fingerprint density at radius 2 is 2.21 bits per heavy atom. The number of rotatable bonds is 5. The number of pyridine rings is 1. The fourth-order valence-electron chi connectivity index (χ4n) is 3.14. The first-order valence-corrected chi connectivity index (χ1v) is 8.06. The van der Waals surface area contributed by atoms with Gasteiger partial charge in [-0.1, -0.05) is 0 Å². The Balaban J connectivity index is 1.69. The molecule has 0 aromatic carbocycles. The van der Waals surface area contributed by atoms with Crippen LogP contribution in [0.3, 0.4) is 0 Å². The first kappa shape index (κ1) is 16.4.